The number of hydrogen-bond donors (Lipinski definition) is 1. The van der Waals surface area contributed by atoms with Crippen molar-refractivity contribution >= 4 is 24.1 Å². The standard InChI is InChI=1S/C20H28N2O3.ClH/c1-25-17-7-5-15(6-8-17)18(23)16-9-13-22(14-10-16)19(24)20(21)11-3-2-4-12-20;/h5-8,16H,2-4,9-14,21H2,1H3;1H. The smallest absolute Gasteiger partial charge is 0.242 e. The minimum Gasteiger partial charge on any atom is -0.497 e. The van der Waals surface area contributed by atoms with Crippen LogP contribution in [0.2, 0.25) is 0 Å². The number of nitrogens with two attached hydrogens (primary N) is 1. The third-order valence-electron chi connectivity index (χ3n) is 5.70. The Morgan fingerprint density at radius 3 is 2.19 bits per heavy atom. The summed E-state index contributed by atoms with van der Waals surface area (Å²) in [5.41, 5.74) is 6.42. The number of rotatable bonds is 4. The van der Waals surface area contributed by atoms with E-state index in [0.29, 0.717) is 31.5 Å². The van der Waals surface area contributed by atoms with Crippen molar-refractivity contribution in [3.63, 3.8) is 0 Å². The predicted octanol–water partition coefficient (Wildman–Crippen LogP) is 3.20. The van der Waals surface area contributed by atoms with E-state index in [1.165, 1.54) is 6.42 Å². The minimum atomic E-state index is -0.676. The third-order valence-corrected chi connectivity index (χ3v) is 5.70. The van der Waals surface area contributed by atoms with Crippen molar-refractivity contribution in [1.29, 1.82) is 0 Å². The first-order valence-corrected chi connectivity index (χ1v) is 9.30. The van der Waals surface area contributed by atoms with E-state index in [1.54, 1.807) is 7.11 Å². The normalized spacial score (nSPS) is 20.2. The summed E-state index contributed by atoms with van der Waals surface area (Å²) < 4.78 is 5.13. The van der Waals surface area contributed by atoms with Gasteiger partial charge in [-0.15, -0.1) is 12.4 Å². The highest BCUT2D eigenvalue weighted by Gasteiger charge is 2.40. The number of halogens is 1. The first kappa shape index (κ1) is 20.7. The number of carbonyl (C=O) groups is 2. The quantitative estimate of drug-likeness (QED) is 0.814. The van der Waals surface area contributed by atoms with Crippen LogP contribution in [0.4, 0.5) is 0 Å². The highest BCUT2D eigenvalue weighted by atomic mass is 35.5. The average molecular weight is 381 g/mol. The van der Waals surface area contributed by atoms with Crippen molar-refractivity contribution in [1.82, 2.24) is 4.90 Å². The molecule has 2 fully saturated rings. The maximum absolute atomic E-state index is 12.8. The van der Waals surface area contributed by atoms with Gasteiger partial charge in [-0.2, -0.15) is 0 Å². The van der Waals surface area contributed by atoms with Crippen LogP contribution in [0.25, 0.3) is 0 Å². The Morgan fingerprint density at radius 2 is 1.65 bits per heavy atom. The number of amides is 1. The van der Waals surface area contributed by atoms with Gasteiger partial charge in [0, 0.05) is 24.6 Å². The zero-order valence-electron chi connectivity index (χ0n) is 15.4. The molecule has 6 heteroatoms. The van der Waals surface area contributed by atoms with Gasteiger partial charge in [0.15, 0.2) is 5.78 Å². The molecule has 1 aromatic carbocycles. The van der Waals surface area contributed by atoms with Gasteiger partial charge >= 0.3 is 0 Å². The van der Waals surface area contributed by atoms with E-state index in [2.05, 4.69) is 0 Å². The SMILES string of the molecule is COc1ccc(C(=O)C2CCN(C(=O)C3(N)CCCCC3)CC2)cc1.Cl. The van der Waals surface area contributed by atoms with E-state index in [4.69, 9.17) is 10.5 Å². The lowest BCUT2D eigenvalue weighted by Gasteiger charge is -2.39. The molecule has 0 radical (unpaired) electrons. The predicted molar refractivity (Wildman–Crippen MR) is 104 cm³/mol. The number of piperidine rings is 1. The summed E-state index contributed by atoms with van der Waals surface area (Å²) in [6.07, 6.45) is 6.25. The van der Waals surface area contributed by atoms with Crippen molar-refractivity contribution in [2.24, 2.45) is 11.7 Å². The molecule has 3 rings (SSSR count). The molecule has 0 atom stereocenters. The summed E-state index contributed by atoms with van der Waals surface area (Å²) in [6, 6.07) is 7.26. The molecular formula is C20H29ClN2O3. The van der Waals surface area contributed by atoms with Gasteiger partial charge in [0.2, 0.25) is 5.91 Å². The second kappa shape index (κ2) is 8.87. The van der Waals surface area contributed by atoms with Gasteiger partial charge in [0.25, 0.3) is 0 Å². The van der Waals surface area contributed by atoms with E-state index >= 15 is 0 Å². The largest absolute Gasteiger partial charge is 0.497 e. The van der Waals surface area contributed by atoms with E-state index in [9.17, 15) is 9.59 Å². The van der Waals surface area contributed by atoms with Crippen LogP contribution in [0.15, 0.2) is 24.3 Å². The molecule has 2 N–H and O–H groups in total. The van der Waals surface area contributed by atoms with Crippen LogP contribution in [0, 0.1) is 5.92 Å². The first-order chi connectivity index (χ1) is 12.0. The molecule has 144 valence electrons. The second-order valence-electron chi connectivity index (χ2n) is 7.38. The number of hydrogen-bond acceptors (Lipinski definition) is 4. The number of ketones is 1. The Labute approximate surface area is 161 Å². The van der Waals surface area contributed by atoms with Gasteiger partial charge < -0.3 is 15.4 Å². The molecule has 5 nitrogen and oxygen atoms in total. The molecule has 0 aromatic heterocycles. The van der Waals surface area contributed by atoms with Crippen LogP contribution in [0.3, 0.4) is 0 Å². The molecular weight excluding hydrogens is 352 g/mol. The lowest BCUT2D eigenvalue weighted by Crippen LogP contribution is -2.57. The Bertz CT molecular complexity index is 618. The van der Waals surface area contributed by atoms with Gasteiger partial charge in [0.05, 0.1) is 12.6 Å². The van der Waals surface area contributed by atoms with Gasteiger partial charge in [-0.3, -0.25) is 9.59 Å². The number of benzene rings is 1. The van der Waals surface area contributed by atoms with Crippen LogP contribution in [-0.2, 0) is 4.79 Å². The Morgan fingerprint density at radius 1 is 1.08 bits per heavy atom. The molecule has 1 aliphatic carbocycles. The molecule has 0 unspecified atom stereocenters. The average Bonchev–Trinajstić information content (AvgIpc) is 2.67. The molecule has 26 heavy (non-hydrogen) atoms. The van der Waals surface area contributed by atoms with E-state index in [0.717, 1.165) is 31.4 Å². The molecule has 1 aliphatic heterocycles. The maximum Gasteiger partial charge on any atom is 0.242 e. The summed E-state index contributed by atoms with van der Waals surface area (Å²) in [5.74, 6) is 0.979. The van der Waals surface area contributed by atoms with Gasteiger partial charge in [-0.25, -0.2) is 0 Å². The summed E-state index contributed by atoms with van der Waals surface area (Å²) in [5, 5.41) is 0. The summed E-state index contributed by atoms with van der Waals surface area (Å²) in [7, 11) is 1.61. The Hall–Kier alpha value is -1.59. The van der Waals surface area contributed by atoms with Crippen molar-refractivity contribution in [2.45, 2.75) is 50.5 Å². The monoisotopic (exact) mass is 380 g/mol. The van der Waals surface area contributed by atoms with Crippen LogP contribution >= 0.6 is 12.4 Å². The molecule has 1 aromatic rings. The van der Waals surface area contributed by atoms with E-state index < -0.39 is 5.54 Å². The lowest BCUT2D eigenvalue weighted by atomic mass is 9.80. The molecule has 0 spiro atoms. The number of methoxy groups -OCH3 is 1. The molecule has 2 aliphatic rings. The third kappa shape index (κ3) is 4.38. The van der Waals surface area contributed by atoms with Crippen molar-refractivity contribution < 1.29 is 14.3 Å². The second-order valence-corrected chi connectivity index (χ2v) is 7.38. The Balaban J connectivity index is 0.00000243. The van der Waals surface area contributed by atoms with Crippen LogP contribution in [0.5, 0.6) is 5.75 Å². The highest BCUT2D eigenvalue weighted by molar-refractivity contribution is 5.98. The molecule has 0 bridgehead atoms. The number of nitrogens with zero attached hydrogens (tertiary/aromatic N) is 1. The lowest BCUT2D eigenvalue weighted by molar-refractivity contribution is -0.139. The fourth-order valence-electron chi connectivity index (χ4n) is 4.05. The fraction of sp³-hybridized carbons (Fsp3) is 0.600. The van der Waals surface area contributed by atoms with Crippen molar-refractivity contribution in [3.05, 3.63) is 29.8 Å². The zero-order valence-corrected chi connectivity index (χ0v) is 16.2. The van der Waals surface area contributed by atoms with Crippen LogP contribution in [0.1, 0.15) is 55.3 Å². The molecule has 1 saturated heterocycles. The van der Waals surface area contributed by atoms with E-state index in [1.807, 2.05) is 29.2 Å². The fourth-order valence-corrected chi connectivity index (χ4v) is 4.05. The maximum atomic E-state index is 12.8. The molecule has 1 amide bonds. The van der Waals surface area contributed by atoms with Crippen LogP contribution < -0.4 is 10.5 Å². The van der Waals surface area contributed by atoms with E-state index in [-0.39, 0.29) is 30.0 Å². The summed E-state index contributed by atoms with van der Waals surface area (Å²) in [6.45, 7) is 1.26. The Kier molecular flexibility index (Phi) is 7.07. The number of Topliss-reactive ketones (excluding diaryl/α,β-unsaturated/α-hetero) is 1. The summed E-state index contributed by atoms with van der Waals surface area (Å²) in [4.78, 5) is 27.3. The number of carbonyl (C=O) groups excluding carboxylic acids is 2. The van der Waals surface area contributed by atoms with Crippen molar-refractivity contribution in [2.75, 3.05) is 20.2 Å². The van der Waals surface area contributed by atoms with Gasteiger partial charge in [-0.1, -0.05) is 19.3 Å². The highest BCUT2D eigenvalue weighted by Crippen LogP contribution is 2.30. The number of likely N-dealkylation sites (tertiary alicyclic amines) is 1. The topological polar surface area (TPSA) is 72.6 Å². The van der Waals surface area contributed by atoms with Gasteiger partial charge in [0.1, 0.15) is 5.75 Å². The van der Waals surface area contributed by atoms with Crippen LogP contribution in [-0.4, -0.2) is 42.3 Å². The number of ether oxygens (including phenoxy) is 1. The van der Waals surface area contributed by atoms with Crippen molar-refractivity contribution in [3.8, 4) is 5.75 Å². The van der Waals surface area contributed by atoms with Gasteiger partial charge in [-0.05, 0) is 49.9 Å². The summed E-state index contributed by atoms with van der Waals surface area (Å²) >= 11 is 0. The molecule has 1 saturated carbocycles. The minimum absolute atomic E-state index is 0. The first-order valence-electron chi connectivity index (χ1n) is 9.30. The zero-order chi connectivity index (χ0) is 17.9. The molecule has 1 heterocycles.